The lowest BCUT2D eigenvalue weighted by molar-refractivity contribution is 0.277. The first-order valence-corrected chi connectivity index (χ1v) is 7.04. The summed E-state index contributed by atoms with van der Waals surface area (Å²) in [5.41, 5.74) is 0.445. The van der Waals surface area contributed by atoms with Crippen molar-refractivity contribution < 1.29 is 13.5 Å². The van der Waals surface area contributed by atoms with Crippen molar-refractivity contribution in [2.45, 2.75) is 18.4 Å². The van der Waals surface area contributed by atoms with Crippen LogP contribution >= 0.6 is 11.3 Å². The third kappa shape index (κ3) is 2.65. The number of aromatic nitrogens is 2. The number of aryl methyl sites for hydroxylation is 1. The van der Waals surface area contributed by atoms with Crippen LogP contribution in [-0.2, 0) is 16.6 Å². The van der Waals surface area contributed by atoms with Gasteiger partial charge in [0.1, 0.15) is 4.90 Å². The Morgan fingerprint density at radius 3 is 2.88 bits per heavy atom. The molecule has 0 unspecified atom stereocenters. The zero-order valence-electron chi connectivity index (χ0n) is 8.97. The molecule has 3 N–H and O–H groups in total. The lowest BCUT2D eigenvalue weighted by atomic mass is 10.5. The smallest absolute Gasteiger partial charge is 0.265 e. The van der Waals surface area contributed by atoms with Gasteiger partial charge >= 0.3 is 0 Å². The second-order valence-corrected chi connectivity index (χ2v) is 6.32. The average Bonchev–Trinajstić information content (AvgIpc) is 2.86. The summed E-state index contributed by atoms with van der Waals surface area (Å²) in [5.74, 6) is 0. The Morgan fingerprint density at radius 2 is 2.35 bits per heavy atom. The fraction of sp³-hybridized carbons (Fsp3) is 0.222. The number of aliphatic hydroxyl groups excluding tert-OH is 1. The molecule has 2 rings (SSSR count). The lowest BCUT2D eigenvalue weighted by Gasteiger charge is -2.01. The quantitative estimate of drug-likeness (QED) is 0.776. The molecule has 2 heterocycles. The Labute approximate surface area is 102 Å². The first-order chi connectivity index (χ1) is 8.01. The summed E-state index contributed by atoms with van der Waals surface area (Å²) < 4.78 is 26.2. The molecule has 0 aromatic carbocycles. The number of sulfonamides is 1. The first kappa shape index (κ1) is 12.1. The second kappa shape index (κ2) is 4.47. The van der Waals surface area contributed by atoms with Gasteiger partial charge in [-0.1, -0.05) is 0 Å². The third-order valence-corrected chi connectivity index (χ3v) is 4.32. The number of hydrogen-bond acceptors (Lipinski definition) is 5. The van der Waals surface area contributed by atoms with Crippen LogP contribution in [0.3, 0.4) is 0 Å². The van der Waals surface area contributed by atoms with Crippen molar-refractivity contribution in [3.63, 3.8) is 0 Å². The highest BCUT2D eigenvalue weighted by molar-refractivity contribution is 7.93. The summed E-state index contributed by atoms with van der Waals surface area (Å²) in [6.07, 6.45) is 2.92. The average molecular weight is 273 g/mol. The zero-order chi connectivity index (χ0) is 12.5. The minimum Gasteiger partial charge on any atom is -0.390 e. The fourth-order valence-electron chi connectivity index (χ4n) is 1.24. The van der Waals surface area contributed by atoms with Crippen molar-refractivity contribution in [1.82, 2.24) is 9.97 Å². The summed E-state index contributed by atoms with van der Waals surface area (Å²) in [6, 6.07) is 1.38. The SMILES string of the molecule is Cc1cnc(NS(=O)(=O)c2c[nH]c(CO)c2)s1. The van der Waals surface area contributed by atoms with Crippen molar-refractivity contribution in [1.29, 1.82) is 0 Å². The molecule has 0 bridgehead atoms. The Kier molecular flexibility index (Phi) is 3.18. The summed E-state index contributed by atoms with van der Waals surface area (Å²) in [4.78, 5) is 7.59. The largest absolute Gasteiger partial charge is 0.390 e. The van der Waals surface area contributed by atoms with E-state index in [-0.39, 0.29) is 11.5 Å². The molecule has 2 aromatic heterocycles. The standard InChI is InChI=1S/C9H11N3O3S2/c1-6-3-11-9(16-6)12-17(14,15)8-2-7(5-13)10-4-8/h2-4,10,13H,5H2,1H3,(H,11,12). The molecule has 0 aliphatic heterocycles. The Hall–Kier alpha value is -1.38. The summed E-state index contributed by atoms with van der Waals surface area (Å²) >= 11 is 1.26. The van der Waals surface area contributed by atoms with E-state index in [0.29, 0.717) is 10.8 Å². The number of thiazole rings is 1. The van der Waals surface area contributed by atoms with Gasteiger partial charge in [0.05, 0.1) is 6.61 Å². The van der Waals surface area contributed by atoms with Gasteiger partial charge in [0.2, 0.25) is 0 Å². The van der Waals surface area contributed by atoms with Crippen molar-refractivity contribution in [3.05, 3.63) is 29.0 Å². The molecule has 0 radical (unpaired) electrons. The molecular weight excluding hydrogens is 262 g/mol. The summed E-state index contributed by atoms with van der Waals surface area (Å²) in [7, 11) is -3.63. The molecule has 8 heteroatoms. The lowest BCUT2D eigenvalue weighted by Crippen LogP contribution is -2.11. The maximum Gasteiger partial charge on any atom is 0.265 e. The normalized spacial score (nSPS) is 11.6. The van der Waals surface area contributed by atoms with Crippen molar-refractivity contribution in [3.8, 4) is 0 Å². The molecule has 0 spiro atoms. The van der Waals surface area contributed by atoms with Crippen LogP contribution in [0.2, 0.25) is 0 Å². The van der Waals surface area contributed by atoms with Crippen LogP contribution in [-0.4, -0.2) is 23.5 Å². The van der Waals surface area contributed by atoms with E-state index in [0.717, 1.165) is 4.88 Å². The number of anilines is 1. The van der Waals surface area contributed by atoms with Gasteiger partial charge in [0, 0.05) is 23.0 Å². The van der Waals surface area contributed by atoms with E-state index in [1.54, 1.807) is 6.20 Å². The fourth-order valence-corrected chi connectivity index (χ4v) is 3.16. The number of H-pyrrole nitrogens is 1. The highest BCUT2D eigenvalue weighted by Gasteiger charge is 2.17. The molecule has 0 amide bonds. The highest BCUT2D eigenvalue weighted by Crippen LogP contribution is 2.21. The molecule has 17 heavy (non-hydrogen) atoms. The van der Waals surface area contributed by atoms with E-state index >= 15 is 0 Å². The molecule has 0 saturated heterocycles. The van der Waals surface area contributed by atoms with Gasteiger partial charge in [-0.3, -0.25) is 4.72 Å². The molecule has 6 nitrogen and oxygen atoms in total. The van der Waals surface area contributed by atoms with Crippen LogP contribution < -0.4 is 4.72 Å². The van der Waals surface area contributed by atoms with E-state index in [2.05, 4.69) is 14.7 Å². The molecule has 0 saturated carbocycles. The van der Waals surface area contributed by atoms with Crippen LogP contribution in [0.15, 0.2) is 23.4 Å². The van der Waals surface area contributed by atoms with Crippen molar-refractivity contribution >= 4 is 26.5 Å². The van der Waals surface area contributed by atoms with Crippen LogP contribution in [0.4, 0.5) is 5.13 Å². The summed E-state index contributed by atoms with van der Waals surface area (Å²) in [6.45, 7) is 1.61. The first-order valence-electron chi connectivity index (χ1n) is 4.74. The van der Waals surface area contributed by atoms with E-state index in [4.69, 9.17) is 5.11 Å². The van der Waals surface area contributed by atoms with Gasteiger partial charge in [-0.2, -0.15) is 0 Å². The minimum absolute atomic E-state index is 0.0782. The van der Waals surface area contributed by atoms with E-state index in [1.165, 1.54) is 23.6 Å². The zero-order valence-corrected chi connectivity index (χ0v) is 10.6. The molecular formula is C9H11N3O3S2. The van der Waals surface area contributed by atoms with E-state index in [9.17, 15) is 8.42 Å². The number of hydrogen-bond donors (Lipinski definition) is 3. The van der Waals surface area contributed by atoms with Gasteiger partial charge in [0.15, 0.2) is 5.13 Å². The number of nitrogens with one attached hydrogen (secondary N) is 2. The van der Waals surface area contributed by atoms with Gasteiger partial charge in [0.25, 0.3) is 10.0 Å². The molecule has 0 atom stereocenters. The maximum atomic E-state index is 11.9. The van der Waals surface area contributed by atoms with Gasteiger partial charge in [-0.05, 0) is 13.0 Å². The molecule has 0 fully saturated rings. The van der Waals surface area contributed by atoms with Gasteiger partial charge in [-0.25, -0.2) is 13.4 Å². The molecule has 92 valence electrons. The van der Waals surface area contributed by atoms with Crippen LogP contribution in [0.1, 0.15) is 10.6 Å². The Bertz CT molecular complexity index is 615. The predicted molar refractivity (Wildman–Crippen MR) is 64.4 cm³/mol. The van der Waals surface area contributed by atoms with E-state index in [1.807, 2.05) is 6.92 Å². The van der Waals surface area contributed by atoms with Crippen molar-refractivity contribution in [2.24, 2.45) is 0 Å². The summed E-state index contributed by atoms with van der Waals surface area (Å²) in [5, 5.41) is 9.18. The minimum atomic E-state index is -3.63. The Balaban J connectivity index is 2.24. The molecule has 0 aliphatic rings. The predicted octanol–water partition coefficient (Wildman–Crippen LogP) is 1.07. The number of aliphatic hydroxyl groups is 1. The van der Waals surface area contributed by atoms with Gasteiger partial charge < -0.3 is 10.1 Å². The number of nitrogens with zero attached hydrogens (tertiary/aromatic N) is 1. The third-order valence-electron chi connectivity index (χ3n) is 2.04. The monoisotopic (exact) mass is 273 g/mol. The van der Waals surface area contributed by atoms with Crippen molar-refractivity contribution in [2.75, 3.05) is 4.72 Å². The molecule has 2 aromatic rings. The second-order valence-electron chi connectivity index (χ2n) is 3.40. The van der Waals surface area contributed by atoms with E-state index < -0.39 is 10.0 Å². The topological polar surface area (TPSA) is 95.1 Å². The maximum absolute atomic E-state index is 11.9. The molecule has 0 aliphatic carbocycles. The van der Waals surface area contributed by atoms with Gasteiger partial charge in [-0.15, -0.1) is 11.3 Å². The van der Waals surface area contributed by atoms with Crippen LogP contribution in [0.25, 0.3) is 0 Å². The highest BCUT2D eigenvalue weighted by atomic mass is 32.2. The number of aromatic amines is 1. The number of rotatable bonds is 4. The van der Waals surface area contributed by atoms with Crippen LogP contribution in [0, 0.1) is 6.92 Å². The Morgan fingerprint density at radius 1 is 1.59 bits per heavy atom. The van der Waals surface area contributed by atoms with Crippen LogP contribution in [0.5, 0.6) is 0 Å².